The van der Waals surface area contributed by atoms with Crippen LogP contribution in [0.5, 0.6) is 0 Å². The zero-order valence-corrected chi connectivity index (χ0v) is 8.55. The van der Waals surface area contributed by atoms with Crippen LogP contribution in [0.4, 0.5) is 4.39 Å². The molecule has 0 aromatic heterocycles. The number of benzene rings is 1. The zero-order valence-electron chi connectivity index (χ0n) is 8.55. The molecule has 0 fully saturated rings. The SMILES string of the molecule is CNC(C)(CO)Cc1ccc(F)cc1. The van der Waals surface area contributed by atoms with E-state index in [1.54, 1.807) is 19.2 Å². The fraction of sp³-hybridized carbons (Fsp3) is 0.455. The Bertz CT molecular complexity index is 280. The first-order valence-corrected chi connectivity index (χ1v) is 4.64. The molecule has 3 heteroatoms. The smallest absolute Gasteiger partial charge is 0.123 e. The summed E-state index contributed by atoms with van der Waals surface area (Å²) in [5.41, 5.74) is 0.676. The van der Waals surface area contributed by atoms with E-state index in [9.17, 15) is 4.39 Å². The number of nitrogens with one attached hydrogen (secondary N) is 1. The number of hydrogen-bond donors (Lipinski definition) is 2. The number of rotatable bonds is 4. The fourth-order valence-electron chi connectivity index (χ4n) is 1.28. The molecule has 0 saturated carbocycles. The lowest BCUT2D eigenvalue weighted by Gasteiger charge is -2.26. The van der Waals surface area contributed by atoms with Crippen LogP contribution in [0.25, 0.3) is 0 Å². The molecular formula is C11H16FNO. The third-order valence-electron chi connectivity index (χ3n) is 2.46. The monoisotopic (exact) mass is 197 g/mol. The summed E-state index contributed by atoms with van der Waals surface area (Å²) in [5.74, 6) is -0.232. The molecule has 0 aliphatic rings. The van der Waals surface area contributed by atoms with Crippen molar-refractivity contribution in [2.24, 2.45) is 0 Å². The highest BCUT2D eigenvalue weighted by Gasteiger charge is 2.20. The third-order valence-corrected chi connectivity index (χ3v) is 2.46. The van der Waals surface area contributed by atoms with Crippen molar-refractivity contribution in [3.05, 3.63) is 35.6 Å². The summed E-state index contributed by atoms with van der Waals surface area (Å²) >= 11 is 0. The van der Waals surface area contributed by atoms with Crippen LogP contribution in [0.3, 0.4) is 0 Å². The Hall–Kier alpha value is -0.930. The maximum Gasteiger partial charge on any atom is 0.123 e. The second kappa shape index (κ2) is 4.53. The van der Waals surface area contributed by atoms with Crippen molar-refractivity contribution in [1.29, 1.82) is 0 Å². The molecule has 78 valence electrons. The van der Waals surface area contributed by atoms with Gasteiger partial charge in [-0.1, -0.05) is 12.1 Å². The Morgan fingerprint density at radius 3 is 2.36 bits per heavy atom. The van der Waals surface area contributed by atoms with Crippen molar-refractivity contribution >= 4 is 0 Å². The van der Waals surface area contributed by atoms with Gasteiger partial charge in [-0.15, -0.1) is 0 Å². The predicted octanol–water partition coefficient (Wildman–Crippen LogP) is 1.34. The molecule has 1 aromatic carbocycles. The van der Waals surface area contributed by atoms with Crippen LogP contribution in [0.15, 0.2) is 24.3 Å². The van der Waals surface area contributed by atoms with Crippen LogP contribution in [0, 0.1) is 5.82 Å². The molecule has 1 atom stereocenters. The summed E-state index contributed by atoms with van der Waals surface area (Å²) in [6, 6.07) is 6.34. The zero-order chi connectivity index (χ0) is 10.6. The van der Waals surface area contributed by atoms with Crippen molar-refractivity contribution in [2.75, 3.05) is 13.7 Å². The number of hydrogen-bond acceptors (Lipinski definition) is 2. The average Bonchev–Trinajstić information content (AvgIpc) is 2.21. The van der Waals surface area contributed by atoms with Gasteiger partial charge in [-0.05, 0) is 38.1 Å². The van der Waals surface area contributed by atoms with Gasteiger partial charge in [-0.2, -0.15) is 0 Å². The Morgan fingerprint density at radius 1 is 1.36 bits per heavy atom. The van der Waals surface area contributed by atoms with Gasteiger partial charge in [-0.25, -0.2) is 4.39 Å². The van der Waals surface area contributed by atoms with Crippen molar-refractivity contribution in [3.63, 3.8) is 0 Å². The van der Waals surface area contributed by atoms with Gasteiger partial charge in [-0.3, -0.25) is 0 Å². The van der Waals surface area contributed by atoms with Gasteiger partial charge in [0.25, 0.3) is 0 Å². The maximum absolute atomic E-state index is 12.6. The van der Waals surface area contributed by atoms with Crippen molar-refractivity contribution in [3.8, 4) is 0 Å². The normalized spacial score (nSPS) is 15.1. The summed E-state index contributed by atoms with van der Waals surface area (Å²) in [6.07, 6.45) is 0.681. The number of likely N-dealkylation sites (N-methyl/N-ethyl adjacent to an activating group) is 1. The quantitative estimate of drug-likeness (QED) is 0.763. The number of aliphatic hydroxyl groups excluding tert-OH is 1. The molecule has 0 heterocycles. The van der Waals surface area contributed by atoms with Gasteiger partial charge >= 0.3 is 0 Å². The Balaban J connectivity index is 2.72. The predicted molar refractivity (Wildman–Crippen MR) is 54.7 cm³/mol. The van der Waals surface area contributed by atoms with Crippen LogP contribution in [0.2, 0.25) is 0 Å². The Labute approximate surface area is 83.8 Å². The van der Waals surface area contributed by atoms with Crippen LogP contribution in [0.1, 0.15) is 12.5 Å². The van der Waals surface area contributed by atoms with E-state index in [0.29, 0.717) is 6.42 Å². The van der Waals surface area contributed by atoms with E-state index < -0.39 is 0 Å². The molecule has 14 heavy (non-hydrogen) atoms. The first kappa shape index (κ1) is 11.1. The van der Waals surface area contributed by atoms with Gasteiger partial charge < -0.3 is 10.4 Å². The molecule has 0 amide bonds. The molecule has 0 bridgehead atoms. The lowest BCUT2D eigenvalue weighted by atomic mass is 9.94. The Morgan fingerprint density at radius 2 is 1.93 bits per heavy atom. The third kappa shape index (κ3) is 2.79. The minimum Gasteiger partial charge on any atom is -0.394 e. The Kier molecular flexibility index (Phi) is 3.61. The molecule has 0 aliphatic carbocycles. The summed E-state index contributed by atoms with van der Waals surface area (Å²) in [4.78, 5) is 0. The van der Waals surface area contributed by atoms with Gasteiger partial charge in [0, 0.05) is 5.54 Å². The molecule has 1 aromatic rings. The van der Waals surface area contributed by atoms with E-state index in [-0.39, 0.29) is 18.0 Å². The molecule has 0 saturated heterocycles. The summed E-state index contributed by atoms with van der Waals surface area (Å²) in [7, 11) is 1.81. The van der Waals surface area contributed by atoms with Crippen LogP contribution < -0.4 is 5.32 Å². The molecule has 1 rings (SSSR count). The second-order valence-corrected chi connectivity index (χ2v) is 3.77. The van der Waals surface area contributed by atoms with Crippen LogP contribution >= 0.6 is 0 Å². The first-order valence-electron chi connectivity index (χ1n) is 4.64. The molecular weight excluding hydrogens is 181 g/mol. The van der Waals surface area contributed by atoms with E-state index >= 15 is 0 Å². The molecule has 2 nitrogen and oxygen atoms in total. The molecule has 0 spiro atoms. The van der Waals surface area contributed by atoms with Crippen molar-refractivity contribution in [2.45, 2.75) is 18.9 Å². The highest BCUT2D eigenvalue weighted by Crippen LogP contribution is 2.12. The van der Waals surface area contributed by atoms with E-state index in [0.717, 1.165) is 5.56 Å². The molecule has 1 unspecified atom stereocenters. The largest absolute Gasteiger partial charge is 0.394 e. The summed E-state index contributed by atoms with van der Waals surface area (Å²) < 4.78 is 12.6. The topological polar surface area (TPSA) is 32.3 Å². The van der Waals surface area contributed by atoms with E-state index in [2.05, 4.69) is 5.32 Å². The maximum atomic E-state index is 12.6. The first-order chi connectivity index (χ1) is 6.59. The number of halogens is 1. The van der Waals surface area contributed by atoms with Crippen LogP contribution in [-0.2, 0) is 6.42 Å². The molecule has 0 aliphatic heterocycles. The lowest BCUT2D eigenvalue weighted by molar-refractivity contribution is 0.182. The number of aliphatic hydroxyl groups is 1. The van der Waals surface area contributed by atoms with Gasteiger partial charge in [0.05, 0.1) is 6.61 Å². The highest BCUT2D eigenvalue weighted by atomic mass is 19.1. The molecule has 2 N–H and O–H groups in total. The van der Waals surface area contributed by atoms with Gasteiger partial charge in [0.1, 0.15) is 5.82 Å². The van der Waals surface area contributed by atoms with Crippen molar-refractivity contribution in [1.82, 2.24) is 5.32 Å². The lowest BCUT2D eigenvalue weighted by Crippen LogP contribution is -2.45. The highest BCUT2D eigenvalue weighted by molar-refractivity contribution is 5.18. The standard InChI is InChI=1S/C11H16FNO/c1-11(8-14,13-2)7-9-3-5-10(12)6-4-9/h3-6,13-14H,7-8H2,1-2H3. The van der Waals surface area contributed by atoms with Gasteiger partial charge in [0.15, 0.2) is 0 Å². The summed E-state index contributed by atoms with van der Waals surface area (Å²) in [5, 5.41) is 12.2. The van der Waals surface area contributed by atoms with Gasteiger partial charge in [0.2, 0.25) is 0 Å². The average molecular weight is 197 g/mol. The van der Waals surface area contributed by atoms with Crippen LogP contribution in [-0.4, -0.2) is 24.3 Å². The minimum atomic E-state index is -0.335. The van der Waals surface area contributed by atoms with E-state index in [1.807, 2.05) is 6.92 Å². The second-order valence-electron chi connectivity index (χ2n) is 3.77. The fourth-order valence-corrected chi connectivity index (χ4v) is 1.28. The van der Waals surface area contributed by atoms with E-state index in [1.165, 1.54) is 12.1 Å². The minimum absolute atomic E-state index is 0.0564. The molecule has 0 radical (unpaired) electrons. The van der Waals surface area contributed by atoms with Crippen molar-refractivity contribution < 1.29 is 9.50 Å². The summed E-state index contributed by atoms with van der Waals surface area (Å²) in [6.45, 7) is 1.98. The van der Waals surface area contributed by atoms with E-state index in [4.69, 9.17) is 5.11 Å².